The van der Waals surface area contributed by atoms with E-state index < -0.39 is 0 Å². The molecule has 0 saturated carbocycles. The first kappa shape index (κ1) is 15.2. The molecule has 0 saturated heterocycles. The van der Waals surface area contributed by atoms with Gasteiger partial charge in [-0.15, -0.1) is 0 Å². The van der Waals surface area contributed by atoms with E-state index in [9.17, 15) is 0 Å². The molecule has 0 N–H and O–H groups in total. The van der Waals surface area contributed by atoms with Crippen LogP contribution in [-0.4, -0.2) is 4.98 Å². The minimum absolute atomic E-state index is 0.690. The van der Waals surface area contributed by atoms with Crippen molar-refractivity contribution >= 4 is 0 Å². The monoisotopic (exact) mass is 247 g/mol. The third-order valence-corrected chi connectivity index (χ3v) is 3.97. The van der Waals surface area contributed by atoms with Crippen LogP contribution in [0.1, 0.15) is 81.7 Å². The standard InChI is InChI=1S/C17H29N/c1-6-10-15-13(5)18-12-17(14(8-3)9-4)16(15)11-7-2/h12,14H,6-11H2,1-5H3. The smallest absolute Gasteiger partial charge is 0.0407 e. The maximum Gasteiger partial charge on any atom is 0.0407 e. The van der Waals surface area contributed by atoms with E-state index in [4.69, 9.17) is 0 Å². The molecular formula is C17H29N. The lowest BCUT2D eigenvalue weighted by Gasteiger charge is -2.21. The molecule has 1 heteroatoms. The summed E-state index contributed by atoms with van der Waals surface area (Å²) in [4.78, 5) is 4.66. The molecule has 1 rings (SSSR count). The van der Waals surface area contributed by atoms with Crippen LogP contribution in [0, 0.1) is 6.92 Å². The van der Waals surface area contributed by atoms with Crippen LogP contribution in [0.3, 0.4) is 0 Å². The van der Waals surface area contributed by atoms with Crippen molar-refractivity contribution in [2.75, 3.05) is 0 Å². The van der Waals surface area contributed by atoms with Gasteiger partial charge in [0.25, 0.3) is 0 Å². The SMILES string of the molecule is CCCc1c(C(CC)CC)cnc(C)c1CCC. The predicted octanol–water partition coefficient (Wildman–Crippen LogP) is 5.20. The van der Waals surface area contributed by atoms with Crippen molar-refractivity contribution in [2.24, 2.45) is 0 Å². The summed E-state index contributed by atoms with van der Waals surface area (Å²) < 4.78 is 0. The average Bonchev–Trinajstić information content (AvgIpc) is 2.37. The zero-order valence-electron chi connectivity index (χ0n) is 12.8. The number of nitrogens with zero attached hydrogens (tertiary/aromatic N) is 1. The third kappa shape index (κ3) is 3.34. The first-order valence-corrected chi connectivity index (χ1v) is 7.66. The van der Waals surface area contributed by atoms with Gasteiger partial charge < -0.3 is 0 Å². The molecule has 102 valence electrons. The van der Waals surface area contributed by atoms with Crippen LogP contribution in [-0.2, 0) is 12.8 Å². The van der Waals surface area contributed by atoms with Crippen LogP contribution >= 0.6 is 0 Å². The minimum atomic E-state index is 0.690. The van der Waals surface area contributed by atoms with Crippen LogP contribution in [0.25, 0.3) is 0 Å². The van der Waals surface area contributed by atoms with E-state index in [0.717, 1.165) is 0 Å². The molecule has 0 amide bonds. The van der Waals surface area contributed by atoms with Gasteiger partial charge >= 0.3 is 0 Å². The quantitative estimate of drug-likeness (QED) is 0.645. The number of rotatable bonds is 7. The van der Waals surface area contributed by atoms with Gasteiger partial charge in [0, 0.05) is 11.9 Å². The zero-order valence-corrected chi connectivity index (χ0v) is 12.8. The molecule has 0 fully saturated rings. The Kier molecular flexibility index (Phi) is 6.38. The van der Waals surface area contributed by atoms with Gasteiger partial charge in [-0.25, -0.2) is 0 Å². The highest BCUT2D eigenvalue weighted by Crippen LogP contribution is 2.30. The highest BCUT2D eigenvalue weighted by Gasteiger charge is 2.16. The van der Waals surface area contributed by atoms with Gasteiger partial charge in [0.05, 0.1) is 0 Å². The molecule has 0 aromatic carbocycles. The molecule has 1 heterocycles. The summed E-state index contributed by atoms with van der Waals surface area (Å²) in [5, 5.41) is 0. The van der Waals surface area contributed by atoms with Crippen LogP contribution < -0.4 is 0 Å². The summed E-state index contributed by atoms with van der Waals surface area (Å²) >= 11 is 0. The lowest BCUT2D eigenvalue weighted by molar-refractivity contribution is 0.626. The molecule has 0 unspecified atom stereocenters. The molecule has 18 heavy (non-hydrogen) atoms. The Balaban J connectivity index is 3.27. The van der Waals surface area contributed by atoms with Crippen LogP contribution in [0.15, 0.2) is 6.20 Å². The average molecular weight is 247 g/mol. The molecule has 0 radical (unpaired) electrons. The Morgan fingerprint density at radius 1 is 0.944 bits per heavy atom. The normalized spacial score (nSPS) is 11.2. The van der Waals surface area contributed by atoms with Crippen molar-refractivity contribution in [2.45, 2.75) is 79.1 Å². The second kappa shape index (κ2) is 7.56. The minimum Gasteiger partial charge on any atom is -0.261 e. The van der Waals surface area contributed by atoms with Crippen molar-refractivity contribution in [3.8, 4) is 0 Å². The van der Waals surface area contributed by atoms with Crippen molar-refractivity contribution in [3.63, 3.8) is 0 Å². The third-order valence-electron chi connectivity index (χ3n) is 3.97. The molecule has 0 atom stereocenters. The van der Waals surface area contributed by atoms with Crippen molar-refractivity contribution in [1.82, 2.24) is 4.98 Å². The molecule has 1 nitrogen and oxygen atoms in total. The van der Waals surface area contributed by atoms with Crippen molar-refractivity contribution in [1.29, 1.82) is 0 Å². The summed E-state index contributed by atoms with van der Waals surface area (Å²) in [5.41, 5.74) is 5.91. The van der Waals surface area contributed by atoms with E-state index in [1.807, 2.05) is 0 Å². The van der Waals surface area contributed by atoms with Crippen LogP contribution in [0.5, 0.6) is 0 Å². The molecule has 0 aliphatic carbocycles. The predicted molar refractivity (Wildman–Crippen MR) is 80.3 cm³/mol. The first-order chi connectivity index (χ1) is 8.69. The topological polar surface area (TPSA) is 12.9 Å². The molecule has 0 spiro atoms. The Hall–Kier alpha value is -0.850. The van der Waals surface area contributed by atoms with Gasteiger partial charge in [0.1, 0.15) is 0 Å². The van der Waals surface area contributed by atoms with E-state index in [1.54, 1.807) is 5.56 Å². The van der Waals surface area contributed by atoms with Crippen molar-refractivity contribution < 1.29 is 0 Å². The van der Waals surface area contributed by atoms with Gasteiger partial charge in [0.15, 0.2) is 0 Å². The number of aromatic nitrogens is 1. The van der Waals surface area contributed by atoms with Crippen LogP contribution in [0.4, 0.5) is 0 Å². The van der Waals surface area contributed by atoms with E-state index in [0.29, 0.717) is 5.92 Å². The highest BCUT2D eigenvalue weighted by molar-refractivity contribution is 5.38. The summed E-state index contributed by atoms with van der Waals surface area (Å²) in [7, 11) is 0. The largest absolute Gasteiger partial charge is 0.261 e. The number of hydrogen-bond acceptors (Lipinski definition) is 1. The number of hydrogen-bond donors (Lipinski definition) is 0. The molecule has 1 aromatic heterocycles. The summed E-state index contributed by atoms with van der Waals surface area (Å²) in [6.45, 7) is 11.3. The van der Waals surface area contributed by atoms with Gasteiger partial charge in [-0.05, 0) is 55.2 Å². The van der Waals surface area contributed by atoms with Gasteiger partial charge in [-0.3, -0.25) is 4.98 Å². The maximum atomic E-state index is 4.66. The number of pyridine rings is 1. The Bertz CT molecular complexity index is 364. The van der Waals surface area contributed by atoms with E-state index >= 15 is 0 Å². The summed E-state index contributed by atoms with van der Waals surface area (Å²) in [5.74, 6) is 0.690. The van der Waals surface area contributed by atoms with Gasteiger partial charge in [-0.2, -0.15) is 0 Å². The molecular weight excluding hydrogens is 218 g/mol. The van der Waals surface area contributed by atoms with Crippen molar-refractivity contribution in [3.05, 3.63) is 28.6 Å². The number of aryl methyl sites for hydroxylation is 1. The van der Waals surface area contributed by atoms with E-state index in [-0.39, 0.29) is 0 Å². The maximum absolute atomic E-state index is 4.66. The van der Waals surface area contributed by atoms with E-state index in [2.05, 4.69) is 45.8 Å². The fourth-order valence-electron chi connectivity index (χ4n) is 2.92. The molecule has 0 bridgehead atoms. The lowest BCUT2D eigenvalue weighted by Crippen LogP contribution is -2.08. The van der Waals surface area contributed by atoms with Crippen LogP contribution in [0.2, 0.25) is 0 Å². The Labute approximate surface area is 113 Å². The van der Waals surface area contributed by atoms with Gasteiger partial charge in [-0.1, -0.05) is 40.5 Å². The fourth-order valence-corrected chi connectivity index (χ4v) is 2.92. The molecule has 0 aliphatic rings. The summed E-state index contributed by atoms with van der Waals surface area (Å²) in [6, 6.07) is 0. The van der Waals surface area contributed by atoms with Gasteiger partial charge in [0.2, 0.25) is 0 Å². The Morgan fingerprint density at radius 2 is 1.50 bits per heavy atom. The zero-order chi connectivity index (χ0) is 13.5. The summed E-state index contributed by atoms with van der Waals surface area (Å²) in [6.07, 6.45) is 9.44. The first-order valence-electron chi connectivity index (χ1n) is 7.66. The second-order valence-electron chi connectivity index (χ2n) is 5.27. The molecule has 0 aliphatic heterocycles. The second-order valence-corrected chi connectivity index (χ2v) is 5.27. The lowest BCUT2D eigenvalue weighted by atomic mass is 9.86. The fraction of sp³-hybridized carbons (Fsp3) is 0.706. The Morgan fingerprint density at radius 3 is 2.00 bits per heavy atom. The molecule has 1 aromatic rings. The highest BCUT2D eigenvalue weighted by atomic mass is 14.7. The van der Waals surface area contributed by atoms with E-state index in [1.165, 1.54) is 55.3 Å².